The number of Topliss-reactive ketones (excluding diaryl/α,β-unsaturated/α-hetero) is 1. The van der Waals surface area contributed by atoms with E-state index >= 15 is 0 Å². The quantitative estimate of drug-likeness (QED) is 0.668. The average molecular weight is 421 g/mol. The molecule has 4 aliphatic rings. The summed E-state index contributed by atoms with van der Waals surface area (Å²) in [6.45, 7) is 5.71. The number of rotatable bonds is 2. The van der Waals surface area contributed by atoms with E-state index in [9.17, 15) is 24.3 Å². The largest absolute Gasteiger partial charge is 0.461 e. The minimum atomic E-state index is -1.82. The van der Waals surface area contributed by atoms with Crippen LogP contribution in [0, 0.1) is 23.7 Å². The predicted molar refractivity (Wildman–Crippen MR) is 104 cm³/mol. The molecule has 0 saturated carbocycles. The van der Waals surface area contributed by atoms with Gasteiger partial charge in [0.25, 0.3) is 5.91 Å². The summed E-state index contributed by atoms with van der Waals surface area (Å²) in [5.74, 6) is -3.46. The summed E-state index contributed by atoms with van der Waals surface area (Å²) in [5, 5.41) is 11.7. The maximum Gasteiger partial charge on any atom is 0.309 e. The van der Waals surface area contributed by atoms with Crippen molar-refractivity contribution in [3.8, 4) is 0 Å². The molecule has 1 N–H and O–H groups in total. The molecule has 4 rings (SSSR count). The molecule has 0 radical (unpaired) electrons. The van der Waals surface area contributed by atoms with E-state index in [1.54, 1.807) is 18.7 Å². The number of nitrogens with zero attached hydrogens (tertiary/aromatic N) is 1. The minimum absolute atomic E-state index is 0.0216. The first-order valence-electron chi connectivity index (χ1n) is 11.2. The Labute approximate surface area is 176 Å². The monoisotopic (exact) mass is 421 g/mol. The van der Waals surface area contributed by atoms with E-state index < -0.39 is 53.5 Å². The Morgan fingerprint density at radius 2 is 1.83 bits per heavy atom. The molecule has 166 valence electrons. The van der Waals surface area contributed by atoms with Gasteiger partial charge in [0.15, 0.2) is 5.60 Å². The number of carbonyl (C=O) groups excluding carboxylic acids is 4. The number of hydrogen-bond acceptors (Lipinski definition) is 7. The zero-order chi connectivity index (χ0) is 21.8. The lowest BCUT2D eigenvalue weighted by atomic mass is 9.70. The van der Waals surface area contributed by atoms with Crippen molar-refractivity contribution in [2.75, 3.05) is 6.54 Å². The first-order chi connectivity index (χ1) is 14.2. The molecule has 4 fully saturated rings. The van der Waals surface area contributed by atoms with Gasteiger partial charge in [-0.1, -0.05) is 20.8 Å². The maximum atomic E-state index is 13.5. The number of cyclic esters (lactones) is 1. The molecule has 8 atom stereocenters. The zero-order valence-corrected chi connectivity index (χ0v) is 17.8. The molecule has 8 unspecified atom stereocenters. The fourth-order valence-electron chi connectivity index (χ4n) is 5.96. The van der Waals surface area contributed by atoms with Crippen molar-refractivity contribution in [3.63, 3.8) is 0 Å². The van der Waals surface area contributed by atoms with Crippen molar-refractivity contribution in [1.82, 2.24) is 4.90 Å². The summed E-state index contributed by atoms with van der Waals surface area (Å²) >= 11 is 0. The lowest BCUT2D eigenvalue weighted by Crippen LogP contribution is -2.53. The highest BCUT2D eigenvalue weighted by molar-refractivity contribution is 5.91. The lowest BCUT2D eigenvalue weighted by Gasteiger charge is -2.35. The Hall–Kier alpha value is -1.96. The van der Waals surface area contributed by atoms with Crippen molar-refractivity contribution < 1.29 is 33.8 Å². The van der Waals surface area contributed by atoms with Gasteiger partial charge in [-0.2, -0.15) is 0 Å². The van der Waals surface area contributed by atoms with Crippen LogP contribution in [0.4, 0.5) is 0 Å². The van der Waals surface area contributed by atoms with Crippen molar-refractivity contribution >= 4 is 23.6 Å². The third-order valence-corrected chi connectivity index (χ3v) is 7.63. The Morgan fingerprint density at radius 3 is 2.47 bits per heavy atom. The topological polar surface area (TPSA) is 110 Å². The first kappa shape index (κ1) is 21.3. The Morgan fingerprint density at radius 1 is 1.10 bits per heavy atom. The molecule has 4 aliphatic heterocycles. The highest BCUT2D eigenvalue weighted by atomic mass is 16.6. The lowest BCUT2D eigenvalue weighted by molar-refractivity contribution is -0.156. The number of esters is 2. The number of fused-ring (bicyclic) bond motifs is 4. The van der Waals surface area contributed by atoms with Crippen LogP contribution in [0.1, 0.15) is 59.3 Å². The molecule has 0 aliphatic carbocycles. The van der Waals surface area contributed by atoms with Gasteiger partial charge in [0.2, 0.25) is 0 Å². The second-order valence-corrected chi connectivity index (χ2v) is 9.46. The predicted octanol–water partition coefficient (Wildman–Crippen LogP) is 1.23. The summed E-state index contributed by atoms with van der Waals surface area (Å²) in [4.78, 5) is 52.5. The number of amides is 1. The van der Waals surface area contributed by atoms with Crippen molar-refractivity contribution in [2.45, 2.75) is 83.1 Å². The van der Waals surface area contributed by atoms with Crippen LogP contribution in [0.15, 0.2) is 0 Å². The van der Waals surface area contributed by atoms with E-state index in [1.165, 1.54) is 0 Å². The highest BCUT2D eigenvalue weighted by Crippen LogP contribution is 2.49. The number of ketones is 1. The number of ether oxygens (including phenoxy) is 2. The molecule has 8 nitrogen and oxygen atoms in total. The number of hydrogen-bond donors (Lipinski definition) is 1. The van der Waals surface area contributed by atoms with Crippen LogP contribution in [-0.2, 0) is 28.7 Å². The van der Waals surface area contributed by atoms with Crippen molar-refractivity contribution in [1.29, 1.82) is 0 Å². The Balaban J connectivity index is 1.74. The highest BCUT2D eigenvalue weighted by Gasteiger charge is 2.65. The molecule has 1 amide bonds. The van der Waals surface area contributed by atoms with Gasteiger partial charge in [0, 0.05) is 25.3 Å². The van der Waals surface area contributed by atoms with Gasteiger partial charge < -0.3 is 19.5 Å². The first-order valence-corrected chi connectivity index (χ1v) is 11.2. The van der Waals surface area contributed by atoms with Crippen molar-refractivity contribution in [2.24, 2.45) is 23.7 Å². The smallest absolute Gasteiger partial charge is 0.309 e. The molecule has 4 saturated heterocycles. The zero-order valence-electron chi connectivity index (χ0n) is 17.8. The van der Waals surface area contributed by atoms with E-state index in [2.05, 4.69) is 0 Å². The molecule has 0 spiro atoms. The van der Waals surface area contributed by atoms with Crippen LogP contribution >= 0.6 is 0 Å². The van der Waals surface area contributed by atoms with E-state index in [4.69, 9.17) is 9.47 Å². The average Bonchev–Trinajstić information content (AvgIpc) is 3.27. The second-order valence-electron chi connectivity index (χ2n) is 9.46. The normalized spacial score (nSPS) is 44.5. The van der Waals surface area contributed by atoms with Gasteiger partial charge in [0.1, 0.15) is 18.0 Å². The second kappa shape index (κ2) is 7.62. The van der Waals surface area contributed by atoms with E-state index in [-0.39, 0.29) is 24.1 Å². The summed E-state index contributed by atoms with van der Waals surface area (Å²) in [6.07, 6.45) is 1.37. The van der Waals surface area contributed by atoms with Gasteiger partial charge >= 0.3 is 11.9 Å². The van der Waals surface area contributed by atoms with E-state index in [0.717, 1.165) is 0 Å². The number of aliphatic hydroxyl groups is 1. The van der Waals surface area contributed by atoms with Gasteiger partial charge in [-0.05, 0) is 25.7 Å². The molecule has 2 bridgehead atoms. The standard InChI is InChI=1S/C22H31NO7/c1-4-13-15(24)7-5-6-8-23-14(16-9-11(2)19(25)29-16)10-22(28,21(23)27)17-12(3)20(26)30-18(13)17/h11-14,16-18,28H,4-10H2,1-3H3. The van der Waals surface area contributed by atoms with Crippen LogP contribution in [0.25, 0.3) is 0 Å². The molecule has 0 aromatic heterocycles. The van der Waals surface area contributed by atoms with Crippen LogP contribution < -0.4 is 0 Å². The summed E-state index contributed by atoms with van der Waals surface area (Å²) < 4.78 is 11.2. The maximum absolute atomic E-state index is 13.5. The molecule has 8 heteroatoms. The summed E-state index contributed by atoms with van der Waals surface area (Å²) in [6, 6.07) is -0.435. The minimum Gasteiger partial charge on any atom is -0.461 e. The van der Waals surface area contributed by atoms with Gasteiger partial charge in [-0.25, -0.2) is 0 Å². The summed E-state index contributed by atoms with van der Waals surface area (Å²) in [5.41, 5.74) is -1.82. The van der Waals surface area contributed by atoms with Crippen LogP contribution in [0.2, 0.25) is 0 Å². The third kappa shape index (κ3) is 3.15. The van der Waals surface area contributed by atoms with Crippen LogP contribution in [0.3, 0.4) is 0 Å². The molecular weight excluding hydrogens is 390 g/mol. The van der Waals surface area contributed by atoms with E-state index in [1.807, 2.05) is 6.92 Å². The van der Waals surface area contributed by atoms with Crippen molar-refractivity contribution in [3.05, 3.63) is 0 Å². The fraction of sp³-hybridized carbons (Fsp3) is 0.818. The number of carbonyl (C=O) groups is 4. The molecule has 0 aromatic rings. The third-order valence-electron chi connectivity index (χ3n) is 7.63. The molecule has 0 aromatic carbocycles. The van der Waals surface area contributed by atoms with Crippen LogP contribution in [-0.4, -0.2) is 64.0 Å². The van der Waals surface area contributed by atoms with Gasteiger partial charge in [-0.3, -0.25) is 19.2 Å². The fourth-order valence-corrected chi connectivity index (χ4v) is 5.96. The van der Waals surface area contributed by atoms with Gasteiger partial charge in [0.05, 0.1) is 23.8 Å². The molecule has 30 heavy (non-hydrogen) atoms. The Kier molecular flexibility index (Phi) is 5.41. The molecule has 4 heterocycles. The Bertz CT molecular complexity index is 767. The summed E-state index contributed by atoms with van der Waals surface area (Å²) in [7, 11) is 0. The van der Waals surface area contributed by atoms with E-state index in [0.29, 0.717) is 38.6 Å². The SMILES string of the molecule is CCC1C(=O)CCCCN2C(=O)C(O)(CC2C2CC(C)C(=O)O2)C2C(C)C(=O)OC12. The molecular formula is C22H31NO7. The van der Waals surface area contributed by atoms with Crippen LogP contribution in [0.5, 0.6) is 0 Å². The van der Waals surface area contributed by atoms with Gasteiger partial charge in [-0.15, -0.1) is 0 Å².